The number of carboxylic acid groups (broad SMARTS) is 2. The maximum Gasteiger partial charge on any atom is 0.341 e. The minimum absolute atomic E-state index is 0.114. The second kappa shape index (κ2) is 27.8. The van der Waals surface area contributed by atoms with E-state index in [1.807, 2.05) is 136 Å². The van der Waals surface area contributed by atoms with Gasteiger partial charge in [-0.3, -0.25) is 9.59 Å². The number of aryl methyl sites for hydroxylation is 10. The summed E-state index contributed by atoms with van der Waals surface area (Å²) in [7, 11) is 0. The van der Waals surface area contributed by atoms with E-state index >= 15 is 0 Å². The molecule has 0 radical (unpaired) electrons. The fourth-order valence-corrected chi connectivity index (χ4v) is 12.1. The highest BCUT2D eigenvalue weighted by molar-refractivity contribution is 5.70. The largest absolute Gasteiger partial charge is 0.508 e. The zero-order valence-electron chi connectivity index (χ0n) is 52.3. The smallest absolute Gasteiger partial charge is 0.341 e. The van der Waals surface area contributed by atoms with Gasteiger partial charge in [-0.2, -0.15) is 0 Å². The molecule has 464 valence electrons. The Morgan fingerprint density at radius 2 is 0.719 bits per heavy atom. The number of aliphatic carboxylic acids is 2. The molecule has 16 nitrogen and oxygen atoms in total. The van der Waals surface area contributed by atoms with E-state index in [1.165, 1.54) is 0 Å². The summed E-state index contributed by atoms with van der Waals surface area (Å²) < 4.78 is 34.9. The lowest BCUT2D eigenvalue weighted by atomic mass is 9.78. The van der Waals surface area contributed by atoms with Crippen molar-refractivity contribution in [3.63, 3.8) is 0 Å². The number of ether oxygens (including phenoxy) is 6. The van der Waals surface area contributed by atoms with Crippen LogP contribution in [0.5, 0.6) is 46.0 Å². The van der Waals surface area contributed by atoms with Crippen molar-refractivity contribution in [2.45, 2.75) is 114 Å². The van der Waals surface area contributed by atoms with Crippen molar-refractivity contribution >= 4 is 24.9 Å². The molecule has 0 aliphatic heterocycles. The zero-order chi connectivity index (χ0) is 64.7. The van der Waals surface area contributed by atoms with Crippen molar-refractivity contribution in [3.8, 4) is 46.0 Å². The molecule has 89 heavy (non-hydrogen) atoms. The first-order valence-corrected chi connectivity index (χ1v) is 29.1. The highest BCUT2D eigenvalue weighted by Gasteiger charge is 2.30. The van der Waals surface area contributed by atoms with Gasteiger partial charge < -0.3 is 59.1 Å². The van der Waals surface area contributed by atoms with Gasteiger partial charge in [0.1, 0.15) is 46.0 Å². The molecular weight excluding hydrogens is 1130 g/mol. The van der Waals surface area contributed by atoms with E-state index in [4.69, 9.17) is 28.4 Å². The molecule has 0 aliphatic rings. The third-order valence-corrected chi connectivity index (χ3v) is 16.8. The van der Waals surface area contributed by atoms with E-state index in [-0.39, 0.29) is 43.0 Å². The Balaban J connectivity index is 1.28. The molecule has 8 rings (SSSR count). The molecule has 0 amide bonds. The molecule has 0 unspecified atom stereocenters. The maximum atomic E-state index is 12.2. The molecule has 0 aliphatic carbocycles. The molecular formula is C73H76O16. The number of hydrogen-bond donors (Lipinski definition) is 6. The summed E-state index contributed by atoms with van der Waals surface area (Å²) in [5.74, 6) is -1.30. The number of carbonyl (C=O) groups is 4. The average molecular weight is 1210 g/mol. The van der Waals surface area contributed by atoms with Crippen molar-refractivity contribution in [2.75, 3.05) is 26.8 Å². The standard InChI is InChI=1S/C73H76O16/c1-38-23-62(76)42(5)19-54(38)70(55-20-43(6)63(77)24-39(55)2)60-29-50(13-15-66(60)86-32-68(80)81)27-58-48(11)52(17-46(9)72(58)87-33-69(82)83)31-53-18-47(10)73(89-37-85-35-75)59(49(53)12)28-51-14-16-67(88-36-84-34-74)61(30-51)71(56-21-44(7)64(78)25-40(56)3)57-22-45(8)65(79)26-41(57)4/h13-26,29-30,34-35,70-71,76-79H,27-28,31-33,36-37H2,1-12H3,(H,80,81)(H,82,83). The summed E-state index contributed by atoms with van der Waals surface area (Å²) in [5.41, 5.74) is 18.5. The van der Waals surface area contributed by atoms with Crippen molar-refractivity contribution in [3.05, 3.63) is 231 Å². The lowest BCUT2D eigenvalue weighted by molar-refractivity contribution is -0.140. The number of phenolic OH excluding ortho intramolecular Hbond substituents is 4. The van der Waals surface area contributed by atoms with E-state index in [0.29, 0.717) is 87.7 Å². The topological polar surface area (TPSA) is 245 Å². The van der Waals surface area contributed by atoms with Gasteiger partial charge in [0.05, 0.1) is 0 Å². The second-order valence-electron chi connectivity index (χ2n) is 23.1. The van der Waals surface area contributed by atoms with E-state index in [0.717, 1.165) is 94.6 Å². The molecule has 0 spiro atoms. The molecule has 6 N–H and O–H groups in total. The lowest BCUT2D eigenvalue weighted by Gasteiger charge is -2.27. The molecule has 0 aromatic heterocycles. The van der Waals surface area contributed by atoms with Crippen molar-refractivity contribution < 1.29 is 78.2 Å². The van der Waals surface area contributed by atoms with Gasteiger partial charge in [0, 0.05) is 46.9 Å². The molecule has 0 saturated heterocycles. The van der Waals surface area contributed by atoms with E-state index in [1.54, 1.807) is 44.2 Å². The Bertz CT molecular complexity index is 3930. The number of aromatic hydroxyl groups is 4. The van der Waals surface area contributed by atoms with Crippen LogP contribution in [0.2, 0.25) is 0 Å². The van der Waals surface area contributed by atoms with Crippen LogP contribution in [0.15, 0.2) is 97.1 Å². The number of carbonyl (C=O) groups excluding carboxylic acids is 2. The summed E-state index contributed by atoms with van der Waals surface area (Å²) in [4.78, 5) is 47.2. The monoisotopic (exact) mass is 1210 g/mol. The Labute approximate surface area is 518 Å². The summed E-state index contributed by atoms with van der Waals surface area (Å²) >= 11 is 0. The van der Waals surface area contributed by atoms with Gasteiger partial charge in [-0.1, -0.05) is 60.7 Å². The summed E-state index contributed by atoms with van der Waals surface area (Å²) in [6.45, 7) is 21.3. The Hall–Kier alpha value is -9.96. The highest BCUT2D eigenvalue weighted by atomic mass is 16.7. The van der Waals surface area contributed by atoms with Gasteiger partial charge in [-0.25, -0.2) is 9.59 Å². The molecule has 0 heterocycles. The van der Waals surface area contributed by atoms with Crippen LogP contribution in [0.4, 0.5) is 0 Å². The van der Waals surface area contributed by atoms with Gasteiger partial charge in [0.15, 0.2) is 13.2 Å². The van der Waals surface area contributed by atoms with Crippen molar-refractivity contribution in [1.29, 1.82) is 0 Å². The van der Waals surface area contributed by atoms with Crippen LogP contribution in [-0.4, -0.2) is 82.3 Å². The molecule has 8 aromatic carbocycles. The maximum absolute atomic E-state index is 12.2. The van der Waals surface area contributed by atoms with Gasteiger partial charge in [-0.05, 0) is 237 Å². The minimum atomic E-state index is -1.17. The van der Waals surface area contributed by atoms with Crippen LogP contribution >= 0.6 is 0 Å². The highest BCUT2D eigenvalue weighted by Crippen LogP contribution is 2.47. The lowest BCUT2D eigenvalue weighted by Crippen LogP contribution is -2.15. The van der Waals surface area contributed by atoms with E-state index in [2.05, 4.69) is 0 Å². The Morgan fingerprint density at radius 3 is 1.08 bits per heavy atom. The molecule has 8 aromatic rings. The number of hydrogen-bond acceptors (Lipinski definition) is 14. The van der Waals surface area contributed by atoms with Crippen LogP contribution in [0, 0.1) is 83.1 Å². The number of rotatable bonds is 26. The second-order valence-corrected chi connectivity index (χ2v) is 23.1. The minimum Gasteiger partial charge on any atom is -0.508 e. The predicted octanol–water partition coefficient (Wildman–Crippen LogP) is 13.3. The first kappa shape index (κ1) is 65.0. The van der Waals surface area contributed by atoms with Crippen LogP contribution in [0.25, 0.3) is 0 Å². The molecule has 0 atom stereocenters. The molecule has 0 saturated carbocycles. The third-order valence-electron chi connectivity index (χ3n) is 16.8. The van der Waals surface area contributed by atoms with Crippen molar-refractivity contribution in [2.24, 2.45) is 0 Å². The summed E-state index contributed by atoms with van der Waals surface area (Å²) in [5, 5.41) is 63.3. The number of phenols is 4. The van der Waals surface area contributed by atoms with Gasteiger partial charge in [0.25, 0.3) is 12.9 Å². The molecule has 16 heteroatoms. The summed E-state index contributed by atoms with van der Waals surface area (Å²) in [6.07, 6.45) is 0.934. The van der Waals surface area contributed by atoms with Gasteiger partial charge in [-0.15, -0.1) is 0 Å². The Morgan fingerprint density at radius 1 is 0.382 bits per heavy atom. The quantitative estimate of drug-likeness (QED) is 0.0128. The number of carboxylic acids is 2. The first-order chi connectivity index (χ1) is 42.3. The predicted molar refractivity (Wildman–Crippen MR) is 337 cm³/mol. The third kappa shape index (κ3) is 14.6. The zero-order valence-corrected chi connectivity index (χ0v) is 52.3. The average Bonchev–Trinajstić information content (AvgIpc) is 1.16. The molecule has 0 fully saturated rings. The fourth-order valence-electron chi connectivity index (χ4n) is 12.1. The van der Waals surface area contributed by atoms with Crippen LogP contribution in [-0.2, 0) is 47.9 Å². The first-order valence-electron chi connectivity index (χ1n) is 29.1. The van der Waals surface area contributed by atoms with E-state index < -0.39 is 37.0 Å². The van der Waals surface area contributed by atoms with Crippen molar-refractivity contribution in [1.82, 2.24) is 0 Å². The van der Waals surface area contributed by atoms with E-state index in [9.17, 15) is 49.8 Å². The van der Waals surface area contributed by atoms with Crippen LogP contribution in [0.3, 0.4) is 0 Å². The van der Waals surface area contributed by atoms with Gasteiger partial charge in [0.2, 0.25) is 13.6 Å². The fraction of sp³-hybridized carbons (Fsp3) is 0.288. The van der Waals surface area contributed by atoms with Gasteiger partial charge >= 0.3 is 11.9 Å². The SMILES string of the molecule is Cc1cc(C(c2cc(C)c(O)cc2C)c2cc(Cc3c(C)c(Cc4cc(C)c(OCC(=O)O)c(Cc5ccc(OCC(=O)O)c(C(c6cc(C)c(O)cc6C)c6cc(C)c(O)cc6C)c5)c4C)cc(C)c3OCOC=O)ccc2OCOC=O)c(C)cc1O. The number of benzene rings is 8. The van der Waals surface area contributed by atoms with Crippen LogP contribution < -0.4 is 18.9 Å². The normalized spacial score (nSPS) is 11.2. The Kier molecular flexibility index (Phi) is 20.3. The summed E-state index contributed by atoms with van der Waals surface area (Å²) in [6, 6.07) is 29.9. The molecule has 0 bridgehead atoms. The van der Waals surface area contributed by atoms with Crippen LogP contribution in [0.1, 0.15) is 145 Å².